The van der Waals surface area contributed by atoms with Gasteiger partial charge in [0.2, 0.25) is 0 Å². The molecule has 0 atom stereocenters. The number of hydrogen-bond donors (Lipinski definition) is 0. The molecule has 0 aliphatic carbocycles. The van der Waals surface area contributed by atoms with Gasteiger partial charge in [-0.1, -0.05) is 18.2 Å². The maximum Gasteiger partial charge on any atom is 0.261 e. The molecule has 0 N–H and O–H groups in total. The zero-order valence-corrected chi connectivity index (χ0v) is 13.1. The van der Waals surface area contributed by atoms with Crippen LogP contribution in [0.3, 0.4) is 0 Å². The lowest BCUT2D eigenvalue weighted by molar-refractivity contribution is 0.299. The van der Waals surface area contributed by atoms with Crippen LogP contribution in [-0.2, 0) is 15.7 Å². The van der Waals surface area contributed by atoms with E-state index < -0.39 is 9.05 Å². The van der Waals surface area contributed by atoms with E-state index >= 15 is 0 Å². The summed E-state index contributed by atoms with van der Waals surface area (Å²) < 4.78 is 42.0. The monoisotopic (exact) mass is 328 g/mol. The van der Waals surface area contributed by atoms with Gasteiger partial charge in [-0.2, -0.15) is 0 Å². The Morgan fingerprint density at radius 3 is 2.24 bits per heavy atom. The van der Waals surface area contributed by atoms with Crippen LogP contribution in [0.25, 0.3) is 0 Å². The lowest BCUT2D eigenvalue weighted by Crippen LogP contribution is -2.02. The molecule has 0 aliphatic rings. The maximum absolute atomic E-state index is 13.5. The molecule has 0 radical (unpaired) electrons. The van der Waals surface area contributed by atoms with Crippen LogP contribution in [0.4, 0.5) is 4.39 Å². The molecule has 0 heterocycles. The highest BCUT2D eigenvalue weighted by Gasteiger charge is 2.17. The van der Waals surface area contributed by atoms with E-state index in [2.05, 4.69) is 0 Å². The van der Waals surface area contributed by atoms with Gasteiger partial charge in [0.1, 0.15) is 18.2 Å². The number of ether oxygens (including phenoxy) is 1. The van der Waals surface area contributed by atoms with E-state index in [0.29, 0.717) is 22.4 Å². The number of halogens is 2. The third-order valence-corrected chi connectivity index (χ3v) is 4.62. The van der Waals surface area contributed by atoms with Gasteiger partial charge in [0.05, 0.1) is 4.90 Å². The summed E-state index contributed by atoms with van der Waals surface area (Å²) in [7, 11) is 1.60. The fourth-order valence-electron chi connectivity index (χ4n) is 2.15. The van der Waals surface area contributed by atoms with Crippen LogP contribution < -0.4 is 4.74 Å². The Hall–Kier alpha value is -1.59. The minimum Gasteiger partial charge on any atom is -0.489 e. The molecule has 6 heteroatoms. The molecule has 0 bridgehead atoms. The Balaban J connectivity index is 2.25. The van der Waals surface area contributed by atoms with Gasteiger partial charge in [-0.05, 0) is 43.2 Å². The van der Waals surface area contributed by atoms with Crippen LogP contribution in [0.5, 0.6) is 5.75 Å². The van der Waals surface area contributed by atoms with Gasteiger partial charge in [0.15, 0.2) is 0 Å². The first kappa shape index (κ1) is 15.8. The maximum atomic E-state index is 13.5. The molecule has 0 amide bonds. The van der Waals surface area contributed by atoms with Crippen molar-refractivity contribution < 1.29 is 17.5 Å². The van der Waals surface area contributed by atoms with E-state index in [1.165, 1.54) is 6.07 Å². The Labute approximate surface area is 127 Å². The van der Waals surface area contributed by atoms with Crippen LogP contribution in [0.2, 0.25) is 0 Å². The van der Waals surface area contributed by atoms with Gasteiger partial charge >= 0.3 is 0 Å². The predicted octanol–water partition coefficient (Wildman–Crippen LogP) is 3.95. The molecule has 0 saturated carbocycles. The van der Waals surface area contributed by atoms with E-state index in [1.807, 2.05) is 0 Å². The molecule has 0 fully saturated rings. The molecule has 2 rings (SSSR count). The second kappa shape index (κ2) is 6.03. The average molecular weight is 329 g/mol. The Morgan fingerprint density at radius 2 is 1.71 bits per heavy atom. The first-order valence-corrected chi connectivity index (χ1v) is 8.52. The van der Waals surface area contributed by atoms with Crippen molar-refractivity contribution in [2.75, 3.05) is 0 Å². The van der Waals surface area contributed by atoms with Crippen molar-refractivity contribution in [2.45, 2.75) is 25.3 Å². The molecule has 0 spiro atoms. The molecule has 2 aromatic rings. The van der Waals surface area contributed by atoms with E-state index in [4.69, 9.17) is 15.4 Å². The minimum atomic E-state index is -3.80. The van der Waals surface area contributed by atoms with Gasteiger partial charge < -0.3 is 4.74 Å². The van der Waals surface area contributed by atoms with Crippen LogP contribution in [0.1, 0.15) is 16.7 Å². The van der Waals surface area contributed by atoms with Crippen molar-refractivity contribution >= 4 is 19.7 Å². The first-order chi connectivity index (χ1) is 9.79. The summed E-state index contributed by atoms with van der Waals surface area (Å²) in [6.45, 7) is 3.34. The van der Waals surface area contributed by atoms with Crippen molar-refractivity contribution in [3.8, 4) is 5.75 Å². The lowest BCUT2D eigenvalue weighted by atomic mass is 10.1. The van der Waals surface area contributed by atoms with Gasteiger partial charge in [-0.3, -0.25) is 0 Å². The second-order valence-corrected chi connectivity index (χ2v) is 7.21. The summed E-state index contributed by atoms with van der Waals surface area (Å²) in [5.74, 6) is 0.128. The average Bonchev–Trinajstić information content (AvgIpc) is 2.35. The Bertz CT molecular complexity index is 749. The van der Waals surface area contributed by atoms with Gasteiger partial charge in [0.25, 0.3) is 9.05 Å². The van der Waals surface area contributed by atoms with Gasteiger partial charge in [-0.15, -0.1) is 0 Å². The Kier molecular flexibility index (Phi) is 4.54. The topological polar surface area (TPSA) is 43.4 Å². The van der Waals surface area contributed by atoms with E-state index in [0.717, 1.165) is 0 Å². The van der Waals surface area contributed by atoms with E-state index in [1.54, 1.807) is 44.2 Å². The second-order valence-electron chi connectivity index (χ2n) is 4.70. The smallest absolute Gasteiger partial charge is 0.261 e. The summed E-state index contributed by atoms with van der Waals surface area (Å²) in [6.07, 6.45) is 0. The third-order valence-electron chi connectivity index (χ3n) is 3.03. The molecule has 2 aromatic carbocycles. The molecule has 21 heavy (non-hydrogen) atoms. The normalized spacial score (nSPS) is 11.4. The quantitative estimate of drug-likeness (QED) is 0.798. The van der Waals surface area contributed by atoms with Crippen LogP contribution in [0.15, 0.2) is 41.3 Å². The van der Waals surface area contributed by atoms with E-state index in [9.17, 15) is 12.8 Å². The molecule has 0 aliphatic heterocycles. The highest BCUT2D eigenvalue weighted by molar-refractivity contribution is 8.13. The highest BCUT2D eigenvalue weighted by Crippen LogP contribution is 2.28. The standard InChI is InChI=1S/C15H14ClFO3S/c1-10-7-13(8-11(2)15(10)21(16,18)19)20-9-12-5-3-4-6-14(12)17/h3-8H,9H2,1-2H3. The third kappa shape index (κ3) is 3.74. The molecule has 0 aromatic heterocycles. The number of rotatable bonds is 4. The van der Waals surface area contributed by atoms with E-state index in [-0.39, 0.29) is 17.3 Å². The van der Waals surface area contributed by atoms with Crippen molar-refractivity contribution in [3.63, 3.8) is 0 Å². The summed E-state index contributed by atoms with van der Waals surface area (Å²) >= 11 is 0. The van der Waals surface area contributed by atoms with Gasteiger partial charge in [-0.25, -0.2) is 12.8 Å². The number of benzene rings is 2. The van der Waals surface area contributed by atoms with Gasteiger partial charge in [0, 0.05) is 16.2 Å². The van der Waals surface area contributed by atoms with Crippen LogP contribution in [-0.4, -0.2) is 8.42 Å². The van der Waals surface area contributed by atoms with Crippen LogP contribution >= 0.6 is 10.7 Å². The molecule has 3 nitrogen and oxygen atoms in total. The molecular formula is C15H14ClFO3S. The number of aryl methyl sites for hydroxylation is 2. The lowest BCUT2D eigenvalue weighted by Gasteiger charge is -2.12. The number of hydrogen-bond acceptors (Lipinski definition) is 3. The summed E-state index contributed by atoms with van der Waals surface area (Å²) in [4.78, 5) is 0.0856. The zero-order valence-electron chi connectivity index (χ0n) is 11.6. The molecule has 112 valence electrons. The first-order valence-electron chi connectivity index (χ1n) is 6.21. The predicted molar refractivity (Wildman–Crippen MR) is 79.7 cm³/mol. The SMILES string of the molecule is Cc1cc(OCc2ccccc2F)cc(C)c1S(=O)(=O)Cl. The minimum absolute atomic E-state index is 0.0680. The van der Waals surface area contributed by atoms with Crippen molar-refractivity contribution in [1.82, 2.24) is 0 Å². The fourth-order valence-corrected chi connectivity index (χ4v) is 3.77. The summed E-state index contributed by atoms with van der Waals surface area (Å²) in [5.41, 5.74) is 1.42. The molecular weight excluding hydrogens is 315 g/mol. The largest absolute Gasteiger partial charge is 0.489 e. The van der Waals surface area contributed by atoms with Crippen LogP contribution in [0, 0.1) is 19.7 Å². The zero-order chi connectivity index (χ0) is 15.6. The highest BCUT2D eigenvalue weighted by atomic mass is 35.7. The summed E-state index contributed by atoms with van der Waals surface area (Å²) in [6, 6.07) is 9.46. The molecule has 0 unspecified atom stereocenters. The fraction of sp³-hybridized carbons (Fsp3) is 0.200. The summed E-state index contributed by atoms with van der Waals surface area (Å²) in [5, 5.41) is 0. The van der Waals surface area contributed by atoms with Crippen molar-refractivity contribution in [3.05, 3.63) is 58.9 Å². The Morgan fingerprint density at radius 1 is 1.14 bits per heavy atom. The van der Waals surface area contributed by atoms with Crippen molar-refractivity contribution in [1.29, 1.82) is 0 Å². The molecule has 0 saturated heterocycles. The van der Waals surface area contributed by atoms with Crippen molar-refractivity contribution in [2.24, 2.45) is 0 Å².